The topological polar surface area (TPSA) is 79.5 Å². The van der Waals surface area contributed by atoms with Crippen molar-refractivity contribution in [3.63, 3.8) is 0 Å². The van der Waals surface area contributed by atoms with Crippen molar-refractivity contribution >= 4 is 5.91 Å². The molecule has 3 aromatic rings. The Bertz CT molecular complexity index is 936. The van der Waals surface area contributed by atoms with Gasteiger partial charge in [0.15, 0.2) is 0 Å². The lowest BCUT2D eigenvalue weighted by Crippen LogP contribution is -2.30. The molecule has 1 amide bonds. The minimum Gasteiger partial charge on any atom is -0.507 e. The number of carbonyl (C=O) groups excluding carboxylic acids is 1. The number of carbonyl (C=O) groups is 1. The predicted octanol–water partition coefficient (Wildman–Crippen LogP) is 3.73. The quantitative estimate of drug-likeness (QED) is 0.779. The van der Waals surface area contributed by atoms with Crippen LogP contribution in [0.2, 0.25) is 0 Å². The number of benzene rings is 2. The summed E-state index contributed by atoms with van der Waals surface area (Å²) in [5, 5.41) is 14.1. The Morgan fingerprint density at radius 1 is 1.23 bits per heavy atom. The normalized spacial score (nSPS) is 16.8. The summed E-state index contributed by atoms with van der Waals surface area (Å²) in [6.45, 7) is 2.49. The number of phenols is 1. The van der Waals surface area contributed by atoms with E-state index in [-0.39, 0.29) is 17.7 Å². The lowest BCUT2D eigenvalue weighted by atomic mass is 10.1. The van der Waals surface area contributed by atoms with E-state index < -0.39 is 0 Å². The smallest absolute Gasteiger partial charge is 0.258 e. The molecule has 2 aromatic carbocycles. The van der Waals surface area contributed by atoms with E-state index >= 15 is 0 Å². The molecular weight excluding hydrogens is 330 g/mol. The van der Waals surface area contributed by atoms with Gasteiger partial charge in [-0.2, -0.15) is 4.98 Å². The molecule has 1 saturated heterocycles. The van der Waals surface area contributed by atoms with E-state index in [2.05, 4.69) is 10.1 Å². The van der Waals surface area contributed by atoms with Crippen molar-refractivity contribution in [3.05, 3.63) is 65.5 Å². The van der Waals surface area contributed by atoms with E-state index in [9.17, 15) is 9.90 Å². The maximum atomic E-state index is 13.0. The Balaban J connectivity index is 1.62. The molecule has 2 heterocycles. The van der Waals surface area contributed by atoms with Crippen LogP contribution in [0.15, 0.2) is 53.1 Å². The highest BCUT2D eigenvalue weighted by atomic mass is 16.5. The van der Waals surface area contributed by atoms with Crippen LogP contribution in [0.1, 0.15) is 40.7 Å². The van der Waals surface area contributed by atoms with Gasteiger partial charge in [0, 0.05) is 12.1 Å². The Morgan fingerprint density at radius 3 is 2.85 bits per heavy atom. The van der Waals surface area contributed by atoms with Crippen LogP contribution in [0.25, 0.3) is 11.4 Å². The lowest BCUT2D eigenvalue weighted by Gasteiger charge is -2.22. The number of phenolic OH excluding ortho intramolecular Hbond substituents is 1. The van der Waals surface area contributed by atoms with Crippen LogP contribution in [-0.2, 0) is 0 Å². The number of hydrogen-bond acceptors (Lipinski definition) is 5. The maximum Gasteiger partial charge on any atom is 0.258 e. The fourth-order valence-electron chi connectivity index (χ4n) is 3.32. The molecule has 0 unspecified atom stereocenters. The lowest BCUT2D eigenvalue weighted by molar-refractivity contribution is 0.0707. The van der Waals surface area contributed by atoms with Crippen molar-refractivity contribution in [1.82, 2.24) is 15.0 Å². The van der Waals surface area contributed by atoms with Crippen molar-refractivity contribution in [2.24, 2.45) is 0 Å². The molecule has 1 aliphatic rings. The van der Waals surface area contributed by atoms with E-state index in [0.29, 0.717) is 23.8 Å². The van der Waals surface area contributed by atoms with Crippen LogP contribution >= 0.6 is 0 Å². The molecule has 4 rings (SSSR count). The molecule has 26 heavy (non-hydrogen) atoms. The summed E-state index contributed by atoms with van der Waals surface area (Å²) in [6.07, 6.45) is 1.61. The summed E-state index contributed by atoms with van der Waals surface area (Å²) in [5.74, 6) is 0.718. The molecule has 1 atom stereocenters. The van der Waals surface area contributed by atoms with Crippen LogP contribution in [0.5, 0.6) is 5.75 Å². The molecule has 1 aliphatic heterocycles. The van der Waals surface area contributed by atoms with Gasteiger partial charge >= 0.3 is 0 Å². The van der Waals surface area contributed by atoms with Gasteiger partial charge in [-0.05, 0) is 31.9 Å². The molecule has 6 nitrogen and oxygen atoms in total. The highest BCUT2D eigenvalue weighted by Crippen LogP contribution is 2.34. The summed E-state index contributed by atoms with van der Waals surface area (Å²) in [6, 6.07) is 14.3. The standard InChI is InChI=1S/C20H19N3O3/c1-13-9-10-17(24)15(12-13)20(25)23-11-5-8-16(23)19-21-18(22-26-19)14-6-3-2-4-7-14/h2-4,6-7,9-10,12,16,24H,5,8,11H2,1H3/t16-/m0/s1. The highest BCUT2D eigenvalue weighted by molar-refractivity contribution is 5.97. The molecule has 0 aliphatic carbocycles. The number of aromatic nitrogens is 2. The van der Waals surface area contributed by atoms with E-state index in [0.717, 1.165) is 24.0 Å². The van der Waals surface area contributed by atoms with Gasteiger partial charge in [0.1, 0.15) is 11.8 Å². The van der Waals surface area contributed by atoms with Gasteiger partial charge < -0.3 is 14.5 Å². The van der Waals surface area contributed by atoms with Crippen molar-refractivity contribution < 1.29 is 14.4 Å². The second-order valence-electron chi connectivity index (χ2n) is 6.50. The number of amides is 1. The zero-order valence-electron chi connectivity index (χ0n) is 14.4. The molecule has 0 saturated carbocycles. The molecule has 1 aromatic heterocycles. The Kier molecular flexibility index (Phi) is 4.16. The first-order valence-electron chi connectivity index (χ1n) is 8.63. The van der Waals surface area contributed by atoms with Crippen LogP contribution < -0.4 is 0 Å². The zero-order valence-corrected chi connectivity index (χ0v) is 14.4. The average molecular weight is 349 g/mol. The minimum absolute atomic E-state index is 0.0123. The Hall–Kier alpha value is -3.15. The molecule has 0 bridgehead atoms. The van der Waals surface area contributed by atoms with Crippen LogP contribution in [0.4, 0.5) is 0 Å². The fraction of sp³-hybridized carbons (Fsp3) is 0.250. The number of nitrogens with zero attached hydrogens (tertiary/aromatic N) is 3. The monoisotopic (exact) mass is 349 g/mol. The van der Waals surface area contributed by atoms with E-state index in [1.54, 1.807) is 23.1 Å². The van der Waals surface area contributed by atoms with Crippen molar-refractivity contribution in [2.45, 2.75) is 25.8 Å². The third kappa shape index (κ3) is 2.94. The van der Waals surface area contributed by atoms with Crippen LogP contribution in [0.3, 0.4) is 0 Å². The van der Waals surface area contributed by atoms with Gasteiger partial charge in [0.05, 0.1) is 5.56 Å². The zero-order chi connectivity index (χ0) is 18.1. The van der Waals surface area contributed by atoms with Gasteiger partial charge in [0.25, 0.3) is 5.91 Å². The van der Waals surface area contributed by atoms with Crippen molar-refractivity contribution in [1.29, 1.82) is 0 Å². The van der Waals surface area contributed by atoms with Crippen LogP contribution in [0, 0.1) is 6.92 Å². The molecule has 132 valence electrons. The molecule has 6 heteroatoms. The summed E-state index contributed by atoms with van der Waals surface area (Å²) >= 11 is 0. The van der Waals surface area contributed by atoms with Gasteiger partial charge in [-0.25, -0.2) is 0 Å². The summed E-state index contributed by atoms with van der Waals surface area (Å²) in [7, 11) is 0. The Morgan fingerprint density at radius 2 is 2.04 bits per heavy atom. The average Bonchev–Trinajstić information content (AvgIpc) is 3.33. The number of rotatable bonds is 3. The predicted molar refractivity (Wildman–Crippen MR) is 95.6 cm³/mol. The van der Waals surface area contributed by atoms with Crippen LogP contribution in [-0.4, -0.2) is 32.6 Å². The second-order valence-corrected chi connectivity index (χ2v) is 6.50. The molecule has 1 N–H and O–H groups in total. The Labute approximate surface area is 151 Å². The van der Waals surface area contributed by atoms with Crippen molar-refractivity contribution in [2.75, 3.05) is 6.54 Å². The van der Waals surface area contributed by atoms with Gasteiger partial charge in [-0.3, -0.25) is 4.79 Å². The van der Waals surface area contributed by atoms with Crippen molar-refractivity contribution in [3.8, 4) is 17.1 Å². The van der Waals surface area contributed by atoms with E-state index in [1.165, 1.54) is 0 Å². The third-order valence-corrected chi connectivity index (χ3v) is 4.65. The number of likely N-dealkylation sites (tertiary alicyclic amines) is 1. The third-order valence-electron chi connectivity index (χ3n) is 4.65. The fourth-order valence-corrected chi connectivity index (χ4v) is 3.32. The van der Waals surface area contributed by atoms with Gasteiger partial charge in [-0.1, -0.05) is 47.1 Å². The van der Waals surface area contributed by atoms with Gasteiger partial charge in [0.2, 0.25) is 11.7 Å². The number of hydrogen-bond donors (Lipinski definition) is 1. The second kappa shape index (κ2) is 6.63. The number of aromatic hydroxyl groups is 1. The molecular formula is C20H19N3O3. The molecule has 0 spiro atoms. The maximum absolute atomic E-state index is 13.0. The first-order valence-corrected chi connectivity index (χ1v) is 8.63. The number of aryl methyl sites for hydroxylation is 1. The summed E-state index contributed by atoms with van der Waals surface area (Å²) in [4.78, 5) is 19.2. The summed E-state index contributed by atoms with van der Waals surface area (Å²) < 4.78 is 5.46. The minimum atomic E-state index is -0.271. The molecule has 0 radical (unpaired) electrons. The van der Waals surface area contributed by atoms with E-state index in [4.69, 9.17) is 4.52 Å². The highest BCUT2D eigenvalue weighted by Gasteiger charge is 2.35. The van der Waals surface area contributed by atoms with E-state index in [1.807, 2.05) is 37.3 Å². The largest absolute Gasteiger partial charge is 0.507 e. The molecule has 1 fully saturated rings. The first-order chi connectivity index (χ1) is 12.6. The SMILES string of the molecule is Cc1ccc(O)c(C(=O)N2CCC[C@H]2c2nc(-c3ccccc3)no2)c1. The van der Waals surface area contributed by atoms with Gasteiger partial charge in [-0.15, -0.1) is 0 Å². The summed E-state index contributed by atoms with van der Waals surface area (Å²) in [5.41, 5.74) is 2.10. The first kappa shape index (κ1) is 16.3.